The van der Waals surface area contributed by atoms with Crippen LogP contribution in [0.5, 0.6) is 0 Å². The standard InChI is InChI=1S/C31H40BF3N10O7/c1-45(2,19-32(33,34)35)18-24-17-44(43-41-24)11-12-51-13-14-52-42-26(47)10-8-22(30(49)50)15-25(46)21-6-3-20(4-7-21)5-9-23-16-37-28-27(38-23)29(48)40-31(36)39-28/h3-4,6-7,16-17,22H,5,8-15,18-19H2,1-2H3,(H,42,47)(H,49,50)(H3,36,37,39,40,48). The number of ether oxygens (including phenoxy) is 1. The molecule has 0 spiro atoms. The van der Waals surface area contributed by atoms with Crippen LogP contribution < -0.4 is 16.8 Å². The molecule has 0 fully saturated rings. The van der Waals surface area contributed by atoms with Crippen molar-refractivity contribution in [1.29, 1.82) is 0 Å². The number of carbonyl (C=O) groups excluding carboxylic acids is 2. The Morgan fingerprint density at radius 2 is 1.83 bits per heavy atom. The third-order valence-electron chi connectivity index (χ3n) is 7.79. The van der Waals surface area contributed by atoms with E-state index in [4.69, 9.17) is 15.3 Å². The fourth-order valence-corrected chi connectivity index (χ4v) is 5.31. The lowest BCUT2D eigenvalue weighted by molar-refractivity contribution is -0.895. The zero-order valence-corrected chi connectivity index (χ0v) is 28.6. The zero-order chi connectivity index (χ0) is 37.9. The number of benzene rings is 1. The largest absolute Gasteiger partial charge is 0.531 e. The highest BCUT2D eigenvalue weighted by Crippen LogP contribution is 2.18. The molecule has 21 heteroatoms. The Hall–Kier alpha value is -5.28. The fourth-order valence-electron chi connectivity index (χ4n) is 5.31. The number of ketones is 1. The Kier molecular flexibility index (Phi) is 13.5. The summed E-state index contributed by atoms with van der Waals surface area (Å²) in [6.07, 6.45) is 2.57. The molecule has 3 heterocycles. The van der Waals surface area contributed by atoms with Gasteiger partial charge in [0, 0.05) is 18.4 Å². The van der Waals surface area contributed by atoms with E-state index in [1.165, 1.54) is 25.0 Å². The van der Waals surface area contributed by atoms with Crippen LogP contribution in [0, 0.1) is 5.92 Å². The average Bonchev–Trinajstić information content (AvgIpc) is 3.50. The number of aryl methyl sites for hydroxylation is 2. The van der Waals surface area contributed by atoms with Crippen LogP contribution in [0.25, 0.3) is 11.2 Å². The van der Waals surface area contributed by atoms with Gasteiger partial charge in [0.1, 0.15) is 12.2 Å². The number of anilines is 1. The van der Waals surface area contributed by atoms with Crippen molar-refractivity contribution in [2.75, 3.05) is 46.1 Å². The number of halogens is 3. The van der Waals surface area contributed by atoms with Gasteiger partial charge in [-0.05, 0) is 24.8 Å². The molecule has 0 aliphatic rings. The van der Waals surface area contributed by atoms with Crippen LogP contribution in [0.1, 0.15) is 46.6 Å². The van der Waals surface area contributed by atoms with E-state index in [1.807, 2.05) is 0 Å². The van der Waals surface area contributed by atoms with Gasteiger partial charge in [-0.3, -0.25) is 29.0 Å². The van der Waals surface area contributed by atoms with E-state index in [2.05, 4.69) is 35.7 Å². The molecule has 0 aliphatic carbocycles. The van der Waals surface area contributed by atoms with Gasteiger partial charge in [-0.2, -0.15) is 4.98 Å². The normalized spacial score (nSPS) is 12.6. The lowest BCUT2D eigenvalue weighted by atomic mass is 9.90. The van der Waals surface area contributed by atoms with Crippen LogP contribution in [-0.4, -0.2) is 110 Å². The van der Waals surface area contributed by atoms with Gasteiger partial charge in [-0.15, -0.1) is 5.10 Å². The summed E-state index contributed by atoms with van der Waals surface area (Å²) < 4.78 is 45.0. The van der Waals surface area contributed by atoms with Crippen molar-refractivity contribution >= 4 is 41.7 Å². The number of nitrogens with two attached hydrogens (primary N) is 1. The summed E-state index contributed by atoms with van der Waals surface area (Å²) in [4.78, 5) is 68.8. The summed E-state index contributed by atoms with van der Waals surface area (Å²) >= 11 is 0. The van der Waals surface area contributed by atoms with Gasteiger partial charge in [0.25, 0.3) is 5.56 Å². The Bertz CT molecular complexity index is 1900. The Labute approximate surface area is 295 Å². The number of Topliss-reactive ketones (excluding diaryl/α,β-unsaturated/α-hetero) is 1. The maximum Gasteiger partial charge on any atom is 0.531 e. The second-order valence-electron chi connectivity index (χ2n) is 12.8. The third kappa shape index (κ3) is 12.8. The molecule has 4 aromatic rings. The van der Waals surface area contributed by atoms with Crippen LogP contribution >= 0.6 is 0 Å². The van der Waals surface area contributed by atoms with Gasteiger partial charge in [0.15, 0.2) is 16.9 Å². The van der Waals surface area contributed by atoms with Crippen molar-refractivity contribution in [3.8, 4) is 0 Å². The van der Waals surface area contributed by atoms with E-state index in [0.29, 0.717) is 36.3 Å². The van der Waals surface area contributed by atoms with E-state index < -0.39 is 36.8 Å². The number of aromatic amines is 1. The highest BCUT2D eigenvalue weighted by molar-refractivity contribution is 6.58. The number of H-pyrrole nitrogens is 1. The number of nitrogens with zero attached hydrogens (tertiary/aromatic N) is 7. The highest BCUT2D eigenvalue weighted by Gasteiger charge is 2.34. The molecule has 280 valence electrons. The molecule has 1 atom stereocenters. The summed E-state index contributed by atoms with van der Waals surface area (Å²) in [5.74, 6) is -3.29. The topological polar surface area (TPSA) is 230 Å². The quantitative estimate of drug-likeness (QED) is 0.0313. The zero-order valence-electron chi connectivity index (χ0n) is 28.6. The van der Waals surface area contributed by atoms with Crippen LogP contribution in [0.2, 0.25) is 0 Å². The molecular formula is C31H40BF3N10O7. The minimum Gasteiger partial charge on any atom is -0.481 e. The number of hydroxylamine groups is 1. The Morgan fingerprint density at radius 3 is 2.54 bits per heavy atom. The first-order valence-electron chi connectivity index (χ1n) is 16.3. The summed E-state index contributed by atoms with van der Waals surface area (Å²) in [5, 5.41) is 17.5. The molecule has 17 nitrogen and oxygen atoms in total. The van der Waals surface area contributed by atoms with Gasteiger partial charge in [-0.25, -0.2) is 20.1 Å². The van der Waals surface area contributed by atoms with E-state index in [-0.39, 0.29) is 73.0 Å². The Balaban J connectivity index is 1.11. The number of nitrogen functional groups attached to an aromatic ring is 1. The van der Waals surface area contributed by atoms with Crippen LogP contribution in [0.4, 0.5) is 18.9 Å². The molecular weight excluding hydrogens is 692 g/mol. The maximum absolute atomic E-state index is 12.9. The number of hydrogen-bond acceptors (Lipinski definition) is 12. The number of carbonyl (C=O) groups is 3. The molecule has 4 rings (SSSR count). The van der Waals surface area contributed by atoms with E-state index in [0.717, 1.165) is 5.56 Å². The second-order valence-corrected chi connectivity index (χ2v) is 12.8. The third-order valence-corrected chi connectivity index (χ3v) is 7.79. The second kappa shape index (κ2) is 17.8. The number of fused-ring (bicyclic) bond motifs is 1. The van der Waals surface area contributed by atoms with Crippen molar-refractivity contribution in [1.82, 2.24) is 40.4 Å². The number of quaternary nitrogens is 1. The summed E-state index contributed by atoms with van der Waals surface area (Å²) in [6, 6.07) is 6.71. The van der Waals surface area contributed by atoms with Crippen molar-refractivity contribution in [2.24, 2.45) is 5.92 Å². The first-order valence-corrected chi connectivity index (χ1v) is 16.3. The fraction of sp³-hybridized carbons (Fsp3) is 0.452. The molecule has 1 amide bonds. The van der Waals surface area contributed by atoms with E-state index >= 15 is 0 Å². The van der Waals surface area contributed by atoms with Gasteiger partial charge < -0.3 is 33.0 Å². The molecule has 1 aromatic carbocycles. The van der Waals surface area contributed by atoms with E-state index in [9.17, 15) is 37.2 Å². The van der Waals surface area contributed by atoms with Crippen LogP contribution in [-0.2, 0) is 45.1 Å². The number of aliphatic carboxylic acids is 1. The predicted molar refractivity (Wildman–Crippen MR) is 180 cm³/mol. The molecule has 0 saturated carbocycles. The van der Waals surface area contributed by atoms with Crippen molar-refractivity contribution in [3.63, 3.8) is 0 Å². The highest BCUT2D eigenvalue weighted by atomic mass is 19.4. The first-order chi connectivity index (χ1) is 24.6. The Morgan fingerprint density at radius 1 is 1.08 bits per heavy atom. The molecule has 1 unspecified atom stereocenters. The van der Waals surface area contributed by atoms with Gasteiger partial charge in [0.05, 0.1) is 70.9 Å². The molecule has 0 bridgehead atoms. The van der Waals surface area contributed by atoms with E-state index in [1.54, 1.807) is 30.5 Å². The summed E-state index contributed by atoms with van der Waals surface area (Å²) in [7, 11) is 2.94. The van der Waals surface area contributed by atoms with Crippen LogP contribution in [0.3, 0.4) is 0 Å². The number of carboxylic acids is 1. The number of hydrogen-bond donors (Lipinski definition) is 4. The number of aromatic nitrogens is 7. The monoisotopic (exact) mass is 732 g/mol. The number of amides is 1. The smallest absolute Gasteiger partial charge is 0.481 e. The molecule has 3 aromatic heterocycles. The molecule has 52 heavy (non-hydrogen) atoms. The molecule has 0 saturated heterocycles. The minimum absolute atomic E-state index is 0.00143. The van der Waals surface area contributed by atoms with Gasteiger partial charge in [0.2, 0.25) is 11.9 Å². The average molecular weight is 733 g/mol. The van der Waals surface area contributed by atoms with Crippen LogP contribution in [0.15, 0.2) is 41.5 Å². The number of carboxylic acid groups (broad SMARTS) is 1. The minimum atomic E-state index is -4.94. The lowest BCUT2D eigenvalue weighted by Crippen LogP contribution is -2.48. The SMILES string of the molecule is C[N+](C)(Cc1cn(CCOCCONC(=O)CCC(CC(=O)c2ccc(CCc3cnc4nc(N)[nH]c(=O)c4n3)cc2)C(=O)O)nn1)C[B-](F)(F)F. The van der Waals surface area contributed by atoms with Gasteiger partial charge >= 0.3 is 12.9 Å². The lowest BCUT2D eigenvalue weighted by Gasteiger charge is -2.33. The van der Waals surface area contributed by atoms with Gasteiger partial charge in [-0.1, -0.05) is 29.5 Å². The first kappa shape index (κ1) is 39.5. The number of rotatable bonds is 21. The maximum atomic E-state index is 12.9. The molecule has 0 radical (unpaired) electrons. The van der Waals surface area contributed by atoms with Crippen molar-refractivity contribution in [3.05, 3.63) is 69.5 Å². The summed E-state index contributed by atoms with van der Waals surface area (Å²) in [6.45, 7) is -4.25. The molecule has 5 N–H and O–H groups in total. The number of nitrogens with one attached hydrogen (secondary N) is 2. The van der Waals surface area contributed by atoms with Crippen molar-refractivity contribution in [2.45, 2.75) is 45.2 Å². The summed E-state index contributed by atoms with van der Waals surface area (Å²) in [5.41, 5.74) is 9.70. The predicted octanol–water partition coefficient (Wildman–Crippen LogP) is 1.45. The van der Waals surface area contributed by atoms with Crippen molar-refractivity contribution < 1.29 is 46.5 Å². The molecule has 0 aliphatic heterocycles.